The van der Waals surface area contributed by atoms with Gasteiger partial charge in [-0.25, -0.2) is 9.86 Å². The van der Waals surface area contributed by atoms with Crippen LogP contribution in [0.3, 0.4) is 0 Å². The molecule has 0 saturated heterocycles. The van der Waals surface area contributed by atoms with Gasteiger partial charge in [-0.1, -0.05) is 20.8 Å². The molecule has 4 saturated carbocycles. The maximum absolute atomic E-state index is 10.9. The lowest BCUT2D eigenvalue weighted by Crippen LogP contribution is -2.58. The summed E-state index contributed by atoms with van der Waals surface area (Å²) in [6.07, 6.45) is 7.06. The Kier molecular flexibility index (Phi) is 4.58. The molecule has 4 bridgehead atoms. The van der Waals surface area contributed by atoms with Crippen molar-refractivity contribution in [2.24, 2.45) is 34.2 Å². The van der Waals surface area contributed by atoms with E-state index in [0.717, 1.165) is 23.7 Å². The van der Waals surface area contributed by atoms with Gasteiger partial charge in [-0.2, -0.15) is 8.42 Å². The Hall–Kier alpha value is -0.170. The molecule has 0 spiro atoms. The predicted octanol–water partition coefficient (Wildman–Crippen LogP) is 2.43. The topological polar surface area (TPSA) is 81.4 Å². The molecule has 134 valence electrons. The summed E-state index contributed by atoms with van der Waals surface area (Å²) in [6, 6.07) is 0. The fourth-order valence-corrected chi connectivity index (χ4v) is 6.54. The summed E-state index contributed by atoms with van der Waals surface area (Å²) >= 11 is 0. The zero-order valence-electron chi connectivity index (χ0n) is 14.7. The standard InChI is InChI=1S/C17H32N2O3S/c1-16(2,3)15-13-7-12-8-14(15)11-17(9-12,10-13)22-6-4-5-19-23(18,20)21/h12-15,19H,4-11H2,1-3H3,(H2,18,20,21). The highest BCUT2D eigenvalue weighted by Gasteiger charge is 2.58. The van der Waals surface area contributed by atoms with Gasteiger partial charge >= 0.3 is 0 Å². The molecule has 0 heterocycles. The van der Waals surface area contributed by atoms with E-state index >= 15 is 0 Å². The summed E-state index contributed by atoms with van der Waals surface area (Å²) in [6.45, 7) is 8.16. The third kappa shape index (κ3) is 3.91. The molecule has 0 aromatic heterocycles. The van der Waals surface area contributed by atoms with Crippen molar-refractivity contribution in [3.8, 4) is 0 Å². The van der Waals surface area contributed by atoms with E-state index in [1.54, 1.807) is 0 Å². The Morgan fingerprint density at radius 3 is 2.30 bits per heavy atom. The molecular weight excluding hydrogens is 312 g/mol. The highest BCUT2D eigenvalue weighted by molar-refractivity contribution is 7.87. The van der Waals surface area contributed by atoms with Crippen LogP contribution in [0.5, 0.6) is 0 Å². The smallest absolute Gasteiger partial charge is 0.274 e. The van der Waals surface area contributed by atoms with Crippen LogP contribution in [-0.4, -0.2) is 27.2 Å². The minimum Gasteiger partial charge on any atom is -0.375 e. The average molecular weight is 345 g/mol. The molecule has 2 unspecified atom stereocenters. The summed E-state index contributed by atoms with van der Waals surface area (Å²) in [5.74, 6) is 3.29. The van der Waals surface area contributed by atoms with Crippen LogP contribution in [0.15, 0.2) is 0 Å². The van der Waals surface area contributed by atoms with Gasteiger partial charge in [0, 0.05) is 13.2 Å². The van der Waals surface area contributed by atoms with Crippen LogP contribution in [0, 0.1) is 29.1 Å². The van der Waals surface area contributed by atoms with E-state index in [4.69, 9.17) is 9.88 Å². The van der Waals surface area contributed by atoms with Crippen molar-refractivity contribution in [3.63, 3.8) is 0 Å². The highest BCUT2D eigenvalue weighted by atomic mass is 32.2. The fraction of sp³-hybridized carbons (Fsp3) is 1.00. The van der Waals surface area contributed by atoms with Crippen molar-refractivity contribution in [3.05, 3.63) is 0 Å². The van der Waals surface area contributed by atoms with E-state index in [0.29, 0.717) is 25.0 Å². The number of hydrogen-bond acceptors (Lipinski definition) is 3. The van der Waals surface area contributed by atoms with E-state index in [1.807, 2.05) is 0 Å². The Morgan fingerprint density at radius 2 is 1.78 bits per heavy atom. The molecule has 3 N–H and O–H groups in total. The third-order valence-corrected chi connectivity index (χ3v) is 6.86. The molecule has 2 atom stereocenters. The molecule has 5 nitrogen and oxygen atoms in total. The van der Waals surface area contributed by atoms with Gasteiger partial charge in [0.25, 0.3) is 10.2 Å². The number of nitrogens with two attached hydrogens (primary N) is 1. The molecule has 23 heavy (non-hydrogen) atoms. The zero-order valence-corrected chi connectivity index (χ0v) is 15.5. The number of rotatable bonds is 6. The summed E-state index contributed by atoms with van der Waals surface area (Å²) < 4.78 is 30.4. The van der Waals surface area contributed by atoms with Crippen molar-refractivity contribution in [1.29, 1.82) is 0 Å². The van der Waals surface area contributed by atoms with E-state index in [-0.39, 0.29) is 5.60 Å². The zero-order chi connectivity index (χ0) is 16.9. The van der Waals surface area contributed by atoms with Gasteiger partial charge in [0.2, 0.25) is 0 Å². The second kappa shape index (κ2) is 5.97. The van der Waals surface area contributed by atoms with E-state index in [9.17, 15) is 8.42 Å². The Balaban J connectivity index is 1.56. The first-order chi connectivity index (χ1) is 10.6. The lowest BCUT2D eigenvalue weighted by molar-refractivity contribution is -0.198. The highest BCUT2D eigenvalue weighted by Crippen LogP contribution is 2.63. The first kappa shape index (κ1) is 17.6. The maximum Gasteiger partial charge on any atom is 0.274 e. The van der Waals surface area contributed by atoms with Crippen LogP contribution >= 0.6 is 0 Å². The molecule has 4 rings (SSSR count). The van der Waals surface area contributed by atoms with Crippen LogP contribution in [0.1, 0.15) is 59.3 Å². The Labute approximate surface area is 140 Å². The first-order valence-electron chi connectivity index (χ1n) is 8.99. The van der Waals surface area contributed by atoms with Gasteiger partial charge in [-0.05, 0) is 67.6 Å². The van der Waals surface area contributed by atoms with Crippen molar-refractivity contribution in [2.75, 3.05) is 13.2 Å². The van der Waals surface area contributed by atoms with E-state index in [2.05, 4.69) is 25.5 Å². The monoisotopic (exact) mass is 344 g/mol. The van der Waals surface area contributed by atoms with Crippen LogP contribution < -0.4 is 9.86 Å². The molecule has 0 aromatic carbocycles. The molecule has 4 aliphatic carbocycles. The Bertz CT molecular complexity index is 525. The summed E-state index contributed by atoms with van der Waals surface area (Å²) in [7, 11) is -3.58. The van der Waals surface area contributed by atoms with Crippen molar-refractivity contribution >= 4 is 10.2 Å². The van der Waals surface area contributed by atoms with E-state index in [1.165, 1.54) is 32.1 Å². The molecule has 0 radical (unpaired) electrons. The fourth-order valence-electron chi connectivity index (χ4n) is 6.12. The van der Waals surface area contributed by atoms with Crippen molar-refractivity contribution in [2.45, 2.75) is 64.9 Å². The minimum absolute atomic E-state index is 0.0693. The molecule has 0 aliphatic heterocycles. The van der Waals surface area contributed by atoms with Gasteiger partial charge in [-0.3, -0.25) is 0 Å². The van der Waals surface area contributed by atoms with Crippen LogP contribution in [0.25, 0.3) is 0 Å². The summed E-state index contributed by atoms with van der Waals surface area (Å²) in [5.41, 5.74) is 0.461. The SMILES string of the molecule is CC(C)(C)C1C2CC3CC1CC(OCCCNS(N)(=O)=O)(C3)C2. The molecule has 6 heteroatoms. The molecule has 0 amide bonds. The lowest BCUT2D eigenvalue weighted by atomic mass is 9.46. The minimum atomic E-state index is -3.58. The van der Waals surface area contributed by atoms with Crippen molar-refractivity contribution < 1.29 is 13.2 Å². The van der Waals surface area contributed by atoms with Gasteiger partial charge < -0.3 is 4.74 Å². The largest absolute Gasteiger partial charge is 0.375 e. The Morgan fingerprint density at radius 1 is 1.17 bits per heavy atom. The van der Waals surface area contributed by atoms with Gasteiger partial charge in [-0.15, -0.1) is 0 Å². The molecule has 0 aromatic rings. The maximum atomic E-state index is 10.9. The predicted molar refractivity (Wildman–Crippen MR) is 90.9 cm³/mol. The number of hydrogen-bond donors (Lipinski definition) is 2. The summed E-state index contributed by atoms with van der Waals surface area (Å²) in [5, 5.41) is 4.94. The number of ether oxygens (including phenoxy) is 1. The van der Waals surface area contributed by atoms with Gasteiger partial charge in [0.15, 0.2) is 0 Å². The number of nitrogens with one attached hydrogen (secondary N) is 1. The van der Waals surface area contributed by atoms with E-state index < -0.39 is 10.2 Å². The molecule has 4 aliphatic rings. The van der Waals surface area contributed by atoms with Crippen LogP contribution in [0.4, 0.5) is 0 Å². The first-order valence-corrected chi connectivity index (χ1v) is 10.5. The van der Waals surface area contributed by atoms with Crippen LogP contribution in [-0.2, 0) is 14.9 Å². The van der Waals surface area contributed by atoms with Gasteiger partial charge in [0.05, 0.1) is 5.60 Å². The normalized spacial score (nSPS) is 39.8. The second-order valence-electron chi connectivity index (χ2n) is 9.19. The molecular formula is C17H32N2O3S. The van der Waals surface area contributed by atoms with Crippen LogP contribution in [0.2, 0.25) is 0 Å². The summed E-state index contributed by atoms with van der Waals surface area (Å²) in [4.78, 5) is 0. The molecule has 4 fully saturated rings. The van der Waals surface area contributed by atoms with Crippen molar-refractivity contribution in [1.82, 2.24) is 4.72 Å². The average Bonchev–Trinajstić information content (AvgIpc) is 2.33. The lowest BCUT2D eigenvalue weighted by Gasteiger charge is -2.62. The second-order valence-corrected chi connectivity index (χ2v) is 10.6. The van der Waals surface area contributed by atoms with Gasteiger partial charge in [0.1, 0.15) is 0 Å². The third-order valence-electron chi connectivity index (χ3n) is 6.25. The quantitative estimate of drug-likeness (QED) is 0.726.